The van der Waals surface area contributed by atoms with Gasteiger partial charge in [0.2, 0.25) is 0 Å². The molecule has 2 rings (SSSR count). The van der Waals surface area contributed by atoms with Gasteiger partial charge in [0.25, 0.3) is 0 Å². The summed E-state index contributed by atoms with van der Waals surface area (Å²) in [6.45, 7) is 8.75. The molecule has 0 fully saturated rings. The summed E-state index contributed by atoms with van der Waals surface area (Å²) >= 11 is 0. The Bertz CT molecular complexity index is 432. The summed E-state index contributed by atoms with van der Waals surface area (Å²) in [4.78, 5) is 4.40. The van der Waals surface area contributed by atoms with Gasteiger partial charge in [0.1, 0.15) is 5.76 Å². The first-order valence-corrected chi connectivity index (χ1v) is 5.17. The molecule has 78 valence electrons. The third kappa shape index (κ3) is 1.67. The average Bonchev–Trinajstić information content (AvgIpc) is 2.28. The smallest absolute Gasteiger partial charge is 0.121 e. The Hall–Kier alpha value is -1.57. The van der Waals surface area contributed by atoms with Crippen LogP contribution in [0, 0.1) is 0 Å². The molecular formula is C13H15NO. The Labute approximate surface area is 90.3 Å². The summed E-state index contributed by atoms with van der Waals surface area (Å²) in [7, 11) is 0. The molecule has 1 aliphatic rings. The maximum absolute atomic E-state index is 5.48. The zero-order valence-corrected chi connectivity index (χ0v) is 9.21. The second-order valence-corrected chi connectivity index (χ2v) is 3.69. The normalized spacial score (nSPS) is 15.9. The highest BCUT2D eigenvalue weighted by Crippen LogP contribution is 2.30. The standard InChI is InChI=1S/C13H15NO/c1-4-9(2)13-12-10(3)15-8-6-11(12)5-7-14-13/h4-5,7H,3,6,8H2,1-2H3/b9-4-. The van der Waals surface area contributed by atoms with Crippen molar-refractivity contribution in [2.45, 2.75) is 20.3 Å². The molecule has 0 spiro atoms. The van der Waals surface area contributed by atoms with E-state index in [0.717, 1.165) is 30.0 Å². The van der Waals surface area contributed by atoms with Crippen molar-refractivity contribution >= 4 is 11.3 Å². The highest BCUT2D eigenvalue weighted by Gasteiger charge is 2.18. The van der Waals surface area contributed by atoms with Crippen LogP contribution >= 0.6 is 0 Å². The van der Waals surface area contributed by atoms with Crippen LogP contribution in [0.5, 0.6) is 0 Å². The minimum atomic E-state index is 0.726. The van der Waals surface area contributed by atoms with Crippen LogP contribution < -0.4 is 0 Å². The molecule has 0 amide bonds. The third-order valence-electron chi connectivity index (χ3n) is 2.77. The van der Waals surface area contributed by atoms with Gasteiger partial charge in [-0.15, -0.1) is 0 Å². The number of ether oxygens (including phenoxy) is 1. The van der Waals surface area contributed by atoms with E-state index in [-0.39, 0.29) is 0 Å². The number of allylic oxidation sites excluding steroid dienone is 2. The van der Waals surface area contributed by atoms with Gasteiger partial charge >= 0.3 is 0 Å². The zero-order chi connectivity index (χ0) is 10.8. The molecule has 0 aliphatic carbocycles. The fourth-order valence-corrected chi connectivity index (χ4v) is 1.81. The lowest BCUT2D eigenvalue weighted by molar-refractivity contribution is 0.271. The van der Waals surface area contributed by atoms with Crippen molar-refractivity contribution in [3.63, 3.8) is 0 Å². The number of hydrogen-bond donors (Lipinski definition) is 0. The fraction of sp³-hybridized carbons (Fsp3) is 0.308. The van der Waals surface area contributed by atoms with Crippen molar-refractivity contribution in [1.82, 2.24) is 4.98 Å². The molecule has 2 heterocycles. The van der Waals surface area contributed by atoms with Gasteiger partial charge in [-0.2, -0.15) is 0 Å². The van der Waals surface area contributed by atoms with Crippen molar-refractivity contribution in [3.8, 4) is 0 Å². The molecule has 1 aromatic heterocycles. The van der Waals surface area contributed by atoms with Crippen LogP contribution in [-0.4, -0.2) is 11.6 Å². The molecule has 15 heavy (non-hydrogen) atoms. The number of pyridine rings is 1. The summed E-state index contributed by atoms with van der Waals surface area (Å²) < 4.78 is 5.48. The predicted molar refractivity (Wildman–Crippen MR) is 62.3 cm³/mol. The molecule has 0 radical (unpaired) electrons. The molecular weight excluding hydrogens is 186 g/mol. The van der Waals surface area contributed by atoms with Crippen molar-refractivity contribution < 1.29 is 4.74 Å². The topological polar surface area (TPSA) is 22.1 Å². The summed E-state index contributed by atoms with van der Waals surface area (Å²) in [5.74, 6) is 0.751. The summed E-state index contributed by atoms with van der Waals surface area (Å²) in [5, 5.41) is 0. The molecule has 1 aliphatic heterocycles. The Balaban J connectivity index is 2.62. The van der Waals surface area contributed by atoms with E-state index < -0.39 is 0 Å². The van der Waals surface area contributed by atoms with Crippen LogP contribution in [0.2, 0.25) is 0 Å². The molecule has 0 aromatic carbocycles. The first-order chi connectivity index (χ1) is 7.24. The van der Waals surface area contributed by atoms with Gasteiger partial charge in [0, 0.05) is 18.2 Å². The molecule has 0 saturated heterocycles. The van der Waals surface area contributed by atoms with Gasteiger partial charge in [-0.25, -0.2) is 0 Å². The van der Waals surface area contributed by atoms with Crippen molar-refractivity contribution in [2.24, 2.45) is 0 Å². The molecule has 2 heteroatoms. The summed E-state index contributed by atoms with van der Waals surface area (Å²) in [6, 6.07) is 2.05. The van der Waals surface area contributed by atoms with Crippen molar-refractivity contribution in [1.29, 1.82) is 0 Å². The fourth-order valence-electron chi connectivity index (χ4n) is 1.81. The van der Waals surface area contributed by atoms with Gasteiger partial charge in [-0.3, -0.25) is 4.98 Å². The monoisotopic (exact) mass is 201 g/mol. The molecule has 0 bridgehead atoms. The zero-order valence-electron chi connectivity index (χ0n) is 9.21. The SMILES string of the molecule is C=C1OCCc2ccnc(/C(C)=C\C)c21. The van der Waals surface area contributed by atoms with Gasteiger partial charge in [0.05, 0.1) is 12.3 Å². The number of nitrogens with zero attached hydrogens (tertiary/aromatic N) is 1. The molecule has 0 atom stereocenters. The highest BCUT2D eigenvalue weighted by molar-refractivity contribution is 5.76. The average molecular weight is 201 g/mol. The first kappa shape index (κ1) is 9.97. The maximum Gasteiger partial charge on any atom is 0.121 e. The third-order valence-corrected chi connectivity index (χ3v) is 2.77. The van der Waals surface area contributed by atoms with Crippen LogP contribution in [0.3, 0.4) is 0 Å². The lowest BCUT2D eigenvalue weighted by atomic mass is 9.97. The van der Waals surface area contributed by atoms with E-state index in [1.807, 2.05) is 13.1 Å². The molecule has 1 aromatic rings. The van der Waals surface area contributed by atoms with Crippen molar-refractivity contribution in [3.05, 3.63) is 41.7 Å². The van der Waals surface area contributed by atoms with Crippen LogP contribution in [0.15, 0.2) is 24.9 Å². The van der Waals surface area contributed by atoms with Gasteiger partial charge in [0.15, 0.2) is 0 Å². The molecule has 0 N–H and O–H groups in total. The molecule has 0 unspecified atom stereocenters. The lowest BCUT2D eigenvalue weighted by Gasteiger charge is -2.21. The maximum atomic E-state index is 5.48. The van der Waals surface area contributed by atoms with Gasteiger partial charge in [-0.1, -0.05) is 12.7 Å². The Morgan fingerprint density at radius 3 is 3.13 bits per heavy atom. The minimum absolute atomic E-state index is 0.726. The summed E-state index contributed by atoms with van der Waals surface area (Å²) in [6.07, 6.45) is 4.87. The first-order valence-electron chi connectivity index (χ1n) is 5.17. The number of rotatable bonds is 1. The van der Waals surface area contributed by atoms with Crippen LogP contribution in [0.25, 0.3) is 11.3 Å². The second-order valence-electron chi connectivity index (χ2n) is 3.69. The van der Waals surface area contributed by atoms with Crippen molar-refractivity contribution in [2.75, 3.05) is 6.61 Å². The van der Waals surface area contributed by atoms with Crippen LogP contribution in [-0.2, 0) is 11.2 Å². The van der Waals surface area contributed by atoms with E-state index in [1.165, 1.54) is 11.1 Å². The van der Waals surface area contributed by atoms with E-state index in [0.29, 0.717) is 0 Å². The largest absolute Gasteiger partial charge is 0.493 e. The van der Waals surface area contributed by atoms with Gasteiger partial charge < -0.3 is 4.74 Å². The Morgan fingerprint density at radius 1 is 1.60 bits per heavy atom. The highest BCUT2D eigenvalue weighted by atomic mass is 16.5. The lowest BCUT2D eigenvalue weighted by Crippen LogP contribution is -2.11. The Kier molecular flexibility index (Phi) is 2.58. The second kappa shape index (κ2) is 3.89. The van der Waals surface area contributed by atoms with Gasteiger partial charge in [-0.05, 0) is 31.1 Å². The van der Waals surface area contributed by atoms with Crippen LogP contribution in [0.1, 0.15) is 30.7 Å². The Morgan fingerprint density at radius 2 is 2.40 bits per heavy atom. The molecule has 2 nitrogen and oxygen atoms in total. The van der Waals surface area contributed by atoms with E-state index >= 15 is 0 Å². The number of hydrogen-bond acceptors (Lipinski definition) is 2. The number of aromatic nitrogens is 1. The quantitative estimate of drug-likeness (QED) is 0.696. The van der Waals surface area contributed by atoms with E-state index in [4.69, 9.17) is 4.74 Å². The summed E-state index contributed by atoms with van der Waals surface area (Å²) in [5.41, 5.74) is 4.54. The van der Waals surface area contributed by atoms with Crippen LogP contribution in [0.4, 0.5) is 0 Å². The van der Waals surface area contributed by atoms with E-state index in [1.54, 1.807) is 0 Å². The molecule has 0 saturated carbocycles. The predicted octanol–water partition coefficient (Wildman–Crippen LogP) is 3.05. The minimum Gasteiger partial charge on any atom is -0.493 e. The van der Waals surface area contributed by atoms with E-state index in [9.17, 15) is 0 Å². The van der Waals surface area contributed by atoms with E-state index in [2.05, 4.69) is 30.6 Å². The number of fused-ring (bicyclic) bond motifs is 1.